The van der Waals surface area contributed by atoms with Crippen LogP contribution in [0.1, 0.15) is 25.3 Å². The first-order valence-electron chi connectivity index (χ1n) is 5.86. The summed E-state index contributed by atoms with van der Waals surface area (Å²) in [6, 6.07) is 8.28. The monoisotopic (exact) mass is 220 g/mol. The molecule has 0 spiro atoms. The van der Waals surface area contributed by atoms with Gasteiger partial charge in [-0.05, 0) is 31.5 Å². The number of hydrogen-bond donors (Lipinski definition) is 2. The third-order valence-corrected chi connectivity index (χ3v) is 3.24. The molecule has 0 aliphatic carbocycles. The molecule has 2 atom stereocenters. The van der Waals surface area contributed by atoms with E-state index in [1.54, 1.807) is 0 Å². The summed E-state index contributed by atoms with van der Waals surface area (Å²) in [5.41, 5.74) is 7.40. The average Bonchev–Trinajstić information content (AvgIpc) is 2.60. The molecule has 1 aromatic carbocycles. The lowest BCUT2D eigenvalue weighted by Gasteiger charge is -2.26. The number of nitrogens with one attached hydrogen (secondary N) is 1. The molecule has 0 aromatic heterocycles. The van der Waals surface area contributed by atoms with Gasteiger partial charge < -0.3 is 15.8 Å². The minimum atomic E-state index is -0.146. The lowest BCUT2D eigenvalue weighted by atomic mass is 9.84. The Hall–Kier alpha value is -1.06. The van der Waals surface area contributed by atoms with Crippen molar-refractivity contribution in [3.05, 3.63) is 29.8 Å². The van der Waals surface area contributed by atoms with Gasteiger partial charge in [0.1, 0.15) is 5.75 Å². The van der Waals surface area contributed by atoms with Crippen molar-refractivity contribution >= 4 is 0 Å². The van der Waals surface area contributed by atoms with Crippen molar-refractivity contribution in [2.24, 2.45) is 5.73 Å². The minimum absolute atomic E-state index is 0.146. The smallest absolute Gasteiger partial charge is 0.119 e. The molecular weight excluding hydrogens is 200 g/mol. The van der Waals surface area contributed by atoms with Gasteiger partial charge in [-0.25, -0.2) is 0 Å². The Labute approximate surface area is 97.0 Å². The molecule has 88 valence electrons. The number of ether oxygens (including phenoxy) is 1. The first-order valence-corrected chi connectivity index (χ1v) is 5.86. The van der Waals surface area contributed by atoms with E-state index < -0.39 is 0 Å². The van der Waals surface area contributed by atoms with Crippen LogP contribution in [0.15, 0.2) is 24.3 Å². The van der Waals surface area contributed by atoms with Crippen LogP contribution in [0.4, 0.5) is 0 Å². The third-order valence-electron chi connectivity index (χ3n) is 3.24. The minimum Gasteiger partial charge on any atom is -0.494 e. The summed E-state index contributed by atoms with van der Waals surface area (Å²) in [6.07, 6.45) is 0. The van der Waals surface area contributed by atoms with Gasteiger partial charge in [-0.3, -0.25) is 0 Å². The maximum atomic E-state index is 6.26. The Kier molecular flexibility index (Phi) is 3.17. The van der Waals surface area contributed by atoms with Crippen molar-refractivity contribution < 1.29 is 4.74 Å². The Morgan fingerprint density at radius 3 is 2.62 bits per heavy atom. The van der Waals surface area contributed by atoms with E-state index in [1.807, 2.05) is 19.1 Å². The van der Waals surface area contributed by atoms with Crippen LogP contribution in [0.25, 0.3) is 0 Å². The number of benzene rings is 1. The summed E-state index contributed by atoms with van der Waals surface area (Å²) in [6.45, 7) is 6.64. The van der Waals surface area contributed by atoms with Crippen LogP contribution in [0.2, 0.25) is 0 Å². The van der Waals surface area contributed by atoms with E-state index in [2.05, 4.69) is 24.4 Å². The summed E-state index contributed by atoms with van der Waals surface area (Å²) < 4.78 is 5.43. The van der Waals surface area contributed by atoms with Crippen LogP contribution in [0.5, 0.6) is 5.75 Å². The fourth-order valence-corrected chi connectivity index (χ4v) is 2.30. The third kappa shape index (κ3) is 2.20. The zero-order valence-corrected chi connectivity index (χ0v) is 9.99. The molecule has 0 amide bonds. The molecule has 1 aliphatic rings. The zero-order valence-electron chi connectivity index (χ0n) is 9.99. The Morgan fingerprint density at radius 1 is 1.44 bits per heavy atom. The normalized spacial score (nSPS) is 29.3. The molecule has 3 N–H and O–H groups in total. The first kappa shape index (κ1) is 11.4. The van der Waals surface area contributed by atoms with Crippen molar-refractivity contribution in [2.75, 3.05) is 19.7 Å². The Bertz CT molecular complexity index is 345. The molecule has 0 bridgehead atoms. The Morgan fingerprint density at radius 2 is 2.12 bits per heavy atom. The van der Waals surface area contributed by atoms with Gasteiger partial charge in [-0.15, -0.1) is 0 Å². The molecule has 16 heavy (non-hydrogen) atoms. The van der Waals surface area contributed by atoms with Gasteiger partial charge in [0.05, 0.1) is 6.61 Å². The SMILES string of the molecule is CCOc1ccc([C@H]2CNC[C@]2(C)N)cc1. The van der Waals surface area contributed by atoms with Crippen molar-refractivity contribution in [1.29, 1.82) is 0 Å². The van der Waals surface area contributed by atoms with Gasteiger partial charge in [0.25, 0.3) is 0 Å². The summed E-state index contributed by atoms with van der Waals surface area (Å²) in [5.74, 6) is 1.32. The van der Waals surface area contributed by atoms with Crippen LogP contribution in [-0.2, 0) is 0 Å². The van der Waals surface area contributed by atoms with Gasteiger partial charge >= 0.3 is 0 Å². The zero-order chi connectivity index (χ0) is 11.6. The number of nitrogens with two attached hydrogens (primary N) is 1. The van der Waals surface area contributed by atoms with E-state index in [4.69, 9.17) is 10.5 Å². The van der Waals surface area contributed by atoms with Crippen molar-refractivity contribution in [1.82, 2.24) is 5.32 Å². The molecular formula is C13H20N2O. The van der Waals surface area contributed by atoms with Crippen LogP contribution in [0, 0.1) is 0 Å². The molecule has 1 aliphatic heterocycles. The molecule has 0 saturated carbocycles. The van der Waals surface area contributed by atoms with Crippen LogP contribution >= 0.6 is 0 Å². The second kappa shape index (κ2) is 4.44. The lowest BCUT2D eigenvalue weighted by Crippen LogP contribution is -2.42. The van der Waals surface area contributed by atoms with E-state index in [0.29, 0.717) is 12.5 Å². The van der Waals surface area contributed by atoms with E-state index >= 15 is 0 Å². The van der Waals surface area contributed by atoms with E-state index in [1.165, 1.54) is 5.56 Å². The maximum absolute atomic E-state index is 6.26. The molecule has 2 rings (SSSR count). The second-order valence-electron chi connectivity index (χ2n) is 4.69. The Balaban J connectivity index is 2.15. The molecule has 1 heterocycles. The van der Waals surface area contributed by atoms with Crippen molar-refractivity contribution in [3.63, 3.8) is 0 Å². The quantitative estimate of drug-likeness (QED) is 0.811. The van der Waals surface area contributed by atoms with Crippen molar-refractivity contribution in [3.8, 4) is 5.75 Å². The van der Waals surface area contributed by atoms with Crippen molar-refractivity contribution in [2.45, 2.75) is 25.3 Å². The van der Waals surface area contributed by atoms with Crippen LogP contribution in [0.3, 0.4) is 0 Å². The van der Waals surface area contributed by atoms with Crippen LogP contribution < -0.4 is 15.8 Å². The summed E-state index contributed by atoms with van der Waals surface area (Å²) in [4.78, 5) is 0. The predicted molar refractivity (Wildman–Crippen MR) is 65.8 cm³/mol. The van der Waals surface area contributed by atoms with E-state index in [-0.39, 0.29) is 5.54 Å². The van der Waals surface area contributed by atoms with Gasteiger partial charge in [-0.2, -0.15) is 0 Å². The van der Waals surface area contributed by atoms with Gasteiger partial charge in [-0.1, -0.05) is 12.1 Å². The number of rotatable bonds is 3. The molecule has 0 unspecified atom stereocenters. The molecule has 0 radical (unpaired) electrons. The highest BCUT2D eigenvalue weighted by Crippen LogP contribution is 2.30. The van der Waals surface area contributed by atoms with Crippen LogP contribution in [-0.4, -0.2) is 25.2 Å². The van der Waals surface area contributed by atoms with Gasteiger partial charge in [0, 0.05) is 24.5 Å². The second-order valence-corrected chi connectivity index (χ2v) is 4.69. The molecule has 1 saturated heterocycles. The van der Waals surface area contributed by atoms with Gasteiger partial charge in [0.2, 0.25) is 0 Å². The summed E-state index contributed by atoms with van der Waals surface area (Å²) >= 11 is 0. The molecule has 1 aromatic rings. The highest BCUT2D eigenvalue weighted by atomic mass is 16.5. The highest BCUT2D eigenvalue weighted by molar-refractivity contribution is 5.32. The van der Waals surface area contributed by atoms with Gasteiger partial charge in [0.15, 0.2) is 0 Å². The standard InChI is InChI=1S/C13H20N2O/c1-3-16-11-6-4-10(5-7-11)12-8-15-9-13(12,2)14/h4-7,12,15H,3,8-9,14H2,1-2H3/t12-,13+/m1/s1. The molecule has 3 heteroatoms. The van der Waals surface area contributed by atoms with E-state index in [9.17, 15) is 0 Å². The number of hydrogen-bond acceptors (Lipinski definition) is 3. The lowest BCUT2D eigenvalue weighted by molar-refractivity contribution is 0.340. The summed E-state index contributed by atoms with van der Waals surface area (Å²) in [5, 5.41) is 3.34. The average molecular weight is 220 g/mol. The topological polar surface area (TPSA) is 47.3 Å². The molecule has 3 nitrogen and oxygen atoms in total. The summed E-state index contributed by atoms with van der Waals surface area (Å²) in [7, 11) is 0. The first-order chi connectivity index (χ1) is 7.63. The molecule has 1 fully saturated rings. The fraction of sp³-hybridized carbons (Fsp3) is 0.538. The van der Waals surface area contributed by atoms with E-state index in [0.717, 1.165) is 18.8 Å². The largest absolute Gasteiger partial charge is 0.494 e. The highest BCUT2D eigenvalue weighted by Gasteiger charge is 2.35. The predicted octanol–water partition coefficient (Wildman–Crippen LogP) is 1.49. The maximum Gasteiger partial charge on any atom is 0.119 e. The fourth-order valence-electron chi connectivity index (χ4n) is 2.30.